The molecule has 0 radical (unpaired) electrons. The summed E-state index contributed by atoms with van der Waals surface area (Å²) in [5.41, 5.74) is 2.36. The van der Waals surface area contributed by atoms with E-state index in [0.717, 1.165) is 11.3 Å². The number of nitrogens with zero attached hydrogens (tertiary/aromatic N) is 1. The van der Waals surface area contributed by atoms with Crippen molar-refractivity contribution in [1.29, 1.82) is 0 Å². The van der Waals surface area contributed by atoms with E-state index >= 15 is 0 Å². The summed E-state index contributed by atoms with van der Waals surface area (Å²) in [6.45, 7) is 4.06. The Morgan fingerprint density at radius 3 is 2.33 bits per heavy atom. The fraction of sp³-hybridized carbons (Fsp3) is 0.231. The predicted molar refractivity (Wildman–Crippen MR) is 71.7 cm³/mol. The summed E-state index contributed by atoms with van der Waals surface area (Å²) in [5, 5.41) is 0. The number of anilines is 2. The molecule has 0 aliphatic heterocycles. The van der Waals surface area contributed by atoms with Crippen LogP contribution in [0.4, 0.5) is 11.5 Å². The molecule has 94 valence electrons. The molecule has 0 amide bonds. The molecule has 0 aliphatic carbocycles. The van der Waals surface area contributed by atoms with E-state index in [2.05, 4.69) is 9.97 Å². The molecule has 0 atom stereocenters. The smallest absolute Gasteiger partial charge is 0.327 e. The van der Waals surface area contributed by atoms with E-state index in [9.17, 15) is 9.59 Å². The van der Waals surface area contributed by atoms with Gasteiger partial charge in [0.05, 0.1) is 0 Å². The molecular weight excluding hydrogens is 230 g/mol. The highest BCUT2D eigenvalue weighted by molar-refractivity contribution is 5.60. The molecule has 5 nitrogen and oxygen atoms in total. The highest BCUT2D eigenvalue weighted by Gasteiger charge is 2.06. The van der Waals surface area contributed by atoms with Gasteiger partial charge in [-0.2, -0.15) is 0 Å². The van der Waals surface area contributed by atoms with Gasteiger partial charge in [-0.3, -0.25) is 14.8 Å². The molecule has 0 bridgehead atoms. The number of aryl methyl sites for hydroxylation is 2. The third kappa shape index (κ3) is 2.34. The van der Waals surface area contributed by atoms with Crippen LogP contribution in [0.2, 0.25) is 0 Å². The average Bonchev–Trinajstić information content (AvgIpc) is 2.30. The minimum Gasteiger partial charge on any atom is -0.331 e. The molecule has 5 heteroatoms. The largest absolute Gasteiger partial charge is 0.331 e. The normalized spacial score (nSPS) is 10.4. The van der Waals surface area contributed by atoms with Crippen LogP contribution in [-0.4, -0.2) is 17.0 Å². The van der Waals surface area contributed by atoms with Gasteiger partial charge in [0.15, 0.2) is 0 Å². The van der Waals surface area contributed by atoms with Crippen molar-refractivity contribution >= 4 is 11.5 Å². The van der Waals surface area contributed by atoms with Gasteiger partial charge in [0.25, 0.3) is 5.56 Å². The Morgan fingerprint density at radius 1 is 1.00 bits per heavy atom. The summed E-state index contributed by atoms with van der Waals surface area (Å²) in [7, 11) is 1.80. The van der Waals surface area contributed by atoms with Gasteiger partial charge in [-0.1, -0.05) is 6.07 Å². The van der Waals surface area contributed by atoms with E-state index in [1.165, 1.54) is 11.6 Å². The van der Waals surface area contributed by atoms with E-state index < -0.39 is 11.2 Å². The predicted octanol–water partition coefficient (Wildman–Crippen LogP) is 1.45. The van der Waals surface area contributed by atoms with Crippen molar-refractivity contribution < 1.29 is 0 Å². The lowest BCUT2D eigenvalue weighted by atomic mass is 10.1. The molecule has 2 rings (SSSR count). The summed E-state index contributed by atoms with van der Waals surface area (Å²) < 4.78 is 0. The van der Waals surface area contributed by atoms with Crippen molar-refractivity contribution in [2.75, 3.05) is 11.9 Å². The zero-order valence-electron chi connectivity index (χ0n) is 10.6. The Hall–Kier alpha value is -2.30. The number of nitrogens with one attached hydrogen (secondary N) is 2. The van der Waals surface area contributed by atoms with Crippen LogP contribution in [0, 0.1) is 13.8 Å². The molecule has 1 aromatic heterocycles. The zero-order valence-corrected chi connectivity index (χ0v) is 10.6. The molecule has 2 N–H and O–H groups in total. The number of H-pyrrole nitrogens is 2. The molecular formula is C13H15N3O2. The van der Waals surface area contributed by atoms with E-state index in [1.807, 2.05) is 32.0 Å². The Labute approximate surface area is 104 Å². The highest BCUT2D eigenvalue weighted by atomic mass is 16.2. The number of rotatable bonds is 2. The molecule has 1 heterocycles. The SMILES string of the molecule is Cc1ccc(N(C)c2cc(=O)[nH]c(=O)[nH]2)cc1C. The number of benzene rings is 1. The van der Waals surface area contributed by atoms with Gasteiger partial charge in [0.2, 0.25) is 0 Å². The highest BCUT2D eigenvalue weighted by Crippen LogP contribution is 2.22. The van der Waals surface area contributed by atoms with Crippen LogP contribution < -0.4 is 16.1 Å². The van der Waals surface area contributed by atoms with Crippen LogP contribution in [-0.2, 0) is 0 Å². The van der Waals surface area contributed by atoms with Crippen molar-refractivity contribution in [2.24, 2.45) is 0 Å². The van der Waals surface area contributed by atoms with Crippen molar-refractivity contribution in [1.82, 2.24) is 9.97 Å². The van der Waals surface area contributed by atoms with Gasteiger partial charge in [-0.05, 0) is 37.1 Å². The molecule has 2 aromatic rings. The van der Waals surface area contributed by atoms with Gasteiger partial charge in [0, 0.05) is 18.8 Å². The van der Waals surface area contributed by atoms with Crippen LogP contribution in [0.15, 0.2) is 33.9 Å². The number of aromatic nitrogens is 2. The van der Waals surface area contributed by atoms with Crippen LogP contribution in [0.25, 0.3) is 0 Å². The maximum absolute atomic E-state index is 11.3. The Balaban J connectivity index is 2.47. The summed E-state index contributed by atoms with van der Waals surface area (Å²) in [6, 6.07) is 7.32. The Kier molecular flexibility index (Phi) is 3.06. The second-order valence-corrected chi connectivity index (χ2v) is 4.30. The quantitative estimate of drug-likeness (QED) is 0.841. The first kappa shape index (κ1) is 12.2. The number of hydrogen-bond acceptors (Lipinski definition) is 3. The lowest BCUT2D eigenvalue weighted by molar-refractivity contribution is 0.997. The molecule has 0 fully saturated rings. The maximum Gasteiger partial charge on any atom is 0.327 e. The van der Waals surface area contributed by atoms with Crippen LogP contribution in [0.3, 0.4) is 0 Å². The van der Waals surface area contributed by atoms with Crippen molar-refractivity contribution in [2.45, 2.75) is 13.8 Å². The average molecular weight is 245 g/mol. The lowest BCUT2D eigenvalue weighted by Crippen LogP contribution is -2.25. The van der Waals surface area contributed by atoms with E-state index in [1.54, 1.807) is 11.9 Å². The third-order valence-electron chi connectivity index (χ3n) is 2.99. The van der Waals surface area contributed by atoms with Gasteiger partial charge in [-0.15, -0.1) is 0 Å². The van der Waals surface area contributed by atoms with Crippen LogP contribution >= 0.6 is 0 Å². The van der Waals surface area contributed by atoms with Gasteiger partial charge >= 0.3 is 5.69 Å². The van der Waals surface area contributed by atoms with E-state index in [-0.39, 0.29) is 0 Å². The van der Waals surface area contributed by atoms with E-state index in [0.29, 0.717) is 5.82 Å². The monoisotopic (exact) mass is 245 g/mol. The first-order chi connectivity index (χ1) is 8.47. The summed E-state index contributed by atoms with van der Waals surface area (Å²) in [6.07, 6.45) is 0. The Morgan fingerprint density at radius 2 is 1.72 bits per heavy atom. The summed E-state index contributed by atoms with van der Waals surface area (Å²) >= 11 is 0. The Bertz CT molecular complexity index is 657. The molecule has 0 unspecified atom stereocenters. The van der Waals surface area contributed by atoms with Crippen LogP contribution in [0.1, 0.15) is 11.1 Å². The second-order valence-electron chi connectivity index (χ2n) is 4.30. The second kappa shape index (κ2) is 4.52. The first-order valence-electron chi connectivity index (χ1n) is 5.62. The number of aromatic amines is 2. The molecule has 0 aliphatic rings. The van der Waals surface area contributed by atoms with E-state index in [4.69, 9.17) is 0 Å². The van der Waals surface area contributed by atoms with Gasteiger partial charge < -0.3 is 4.90 Å². The molecule has 18 heavy (non-hydrogen) atoms. The van der Waals surface area contributed by atoms with Crippen LogP contribution in [0.5, 0.6) is 0 Å². The standard InChI is InChI=1S/C13H15N3O2/c1-8-4-5-10(6-9(8)2)16(3)11-7-12(17)15-13(18)14-11/h4-7H,1-3H3,(H2,14,15,17,18). The van der Waals surface area contributed by atoms with Gasteiger partial charge in [-0.25, -0.2) is 4.79 Å². The molecule has 1 aromatic carbocycles. The van der Waals surface area contributed by atoms with Crippen molar-refractivity contribution in [3.05, 3.63) is 56.2 Å². The molecule has 0 saturated carbocycles. The van der Waals surface area contributed by atoms with Crippen molar-refractivity contribution in [3.8, 4) is 0 Å². The third-order valence-corrected chi connectivity index (χ3v) is 2.99. The zero-order chi connectivity index (χ0) is 13.3. The minimum atomic E-state index is -0.506. The maximum atomic E-state index is 11.3. The lowest BCUT2D eigenvalue weighted by Gasteiger charge is -2.19. The summed E-state index contributed by atoms with van der Waals surface area (Å²) in [4.78, 5) is 29.0. The number of hydrogen-bond donors (Lipinski definition) is 2. The molecule has 0 saturated heterocycles. The first-order valence-corrected chi connectivity index (χ1v) is 5.62. The topological polar surface area (TPSA) is 69.0 Å². The van der Waals surface area contributed by atoms with Crippen molar-refractivity contribution in [3.63, 3.8) is 0 Å². The summed E-state index contributed by atoms with van der Waals surface area (Å²) in [5.74, 6) is 0.465. The fourth-order valence-corrected chi connectivity index (χ4v) is 1.71. The van der Waals surface area contributed by atoms with Gasteiger partial charge in [0.1, 0.15) is 5.82 Å². The minimum absolute atomic E-state index is 0.413. The molecule has 0 spiro atoms. The fourth-order valence-electron chi connectivity index (χ4n) is 1.71.